The lowest BCUT2D eigenvalue weighted by Gasteiger charge is -2.13. The molecule has 0 spiro atoms. The van der Waals surface area contributed by atoms with Crippen molar-refractivity contribution in [2.45, 2.75) is 28.4 Å². The molecule has 2 aromatic rings. The summed E-state index contributed by atoms with van der Waals surface area (Å²) in [6.07, 6.45) is -4.21. The third kappa shape index (κ3) is 4.32. The fourth-order valence-electron chi connectivity index (χ4n) is 2.07. The Labute approximate surface area is 152 Å². The molecular weight excluding hydrogens is 420 g/mol. The molecule has 2 rings (SSSR count). The van der Waals surface area contributed by atoms with Crippen LogP contribution in [0.3, 0.4) is 0 Å². The third-order valence-electron chi connectivity index (χ3n) is 3.43. The van der Waals surface area contributed by atoms with Crippen LogP contribution in [0.4, 0.5) is 26.3 Å². The van der Waals surface area contributed by atoms with E-state index < -0.39 is 42.8 Å². The first-order chi connectivity index (χ1) is 12.3. The van der Waals surface area contributed by atoms with Crippen molar-refractivity contribution in [1.82, 2.24) is 4.98 Å². The third-order valence-corrected chi connectivity index (χ3v) is 6.26. The summed E-state index contributed by atoms with van der Waals surface area (Å²) in [4.78, 5) is 2.36. The number of pyridine rings is 1. The standard InChI is InChI=1S/C15H11F6NO3S2/c1-2-26(23)12-7-10(14(16,17)18)8-22-13(12)9-3-5-11(6-4-9)27(24,25)15(19,20)21/h3-8H,2H2,1H3. The van der Waals surface area contributed by atoms with E-state index >= 15 is 0 Å². The molecule has 0 fully saturated rings. The number of nitrogens with zero attached hydrogens (tertiary/aromatic N) is 1. The van der Waals surface area contributed by atoms with Gasteiger partial charge in [-0.25, -0.2) is 8.42 Å². The Balaban J connectivity index is 2.57. The number of halogens is 6. The van der Waals surface area contributed by atoms with Gasteiger partial charge in [0.25, 0.3) is 9.84 Å². The molecule has 1 aromatic heterocycles. The summed E-state index contributed by atoms with van der Waals surface area (Å²) in [5.74, 6) is -0.0173. The Morgan fingerprint density at radius 1 is 1.04 bits per heavy atom. The van der Waals surface area contributed by atoms with Gasteiger partial charge in [0.15, 0.2) is 0 Å². The molecule has 0 saturated carbocycles. The van der Waals surface area contributed by atoms with Crippen molar-refractivity contribution in [2.24, 2.45) is 0 Å². The molecule has 0 radical (unpaired) electrons. The summed E-state index contributed by atoms with van der Waals surface area (Å²) in [5, 5.41) is 0. The van der Waals surface area contributed by atoms with Gasteiger partial charge in [0, 0.05) is 17.5 Å². The molecule has 0 N–H and O–H groups in total. The van der Waals surface area contributed by atoms with Crippen molar-refractivity contribution >= 4 is 20.6 Å². The largest absolute Gasteiger partial charge is 0.501 e. The molecular formula is C15H11F6NO3S2. The van der Waals surface area contributed by atoms with E-state index in [-0.39, 0.29) is 21.9 Å². The van der Waals surface area contributed by atoms with Crippen molar-refractivity contribution in [3.63, 3.8) is 0 Å². The Hall–Kier alpha value is -1.95. The van der Waals surface area contributed by atoms with Gasteiger partial charge < -0.3 is 0 Å². The number of hydrogen-bond donors (Lipinski definition) is 0. The summed E-state index contributed by atoms with van der Waals surface area (Å²) in [7, 11) is -7.41. The highest BCUT2D eigenvalue weighted by Gasteiger charge is 2.46. The number of alkyl halides is 6. The van der Waals surface area contributed by atoms with Crippen LogP contribution in [0.5, 0.6) is 0 Å². The number of benzene rings is 1. The number of sulfone groups is 1. The lowest BCUT2D eigenvalue weighted by atomic mass is 10.1. The molecule has 1 aromatic carbocycles. The molecule has 0 aliphatic carbocycles. The van der Waals surface area contributed by atoms with Gasteiger partial charge in [0.2, 0.25) is 0 Å². The zero-order chi connectivity index (χ0) is 20.6. The maximum Gasteiger partial charge on any atom is 0.501 e. The van der Waals surface area contributed by atoms with Crippen molar-refractivity contribution < 1.29 is 39.0 Å². The molecule has 12 heteroatoms. The monoisotopic (exact) mass is 431 g/mol. The molecule has 1 heterocycles. The molecule has 148 valence electrons. The van der Waals surface area contributed by atoms with E-state index in [0.29, 0.717) is 24.4 Å². The lowest BCUT2D eigenvalue weighted by molar-refractivity contribution is -0.138. The van der Waals surface area contributed by atoms with Gasteiger partial charge in [0.1, 0.15) is 0 Å². The maximum absolute atomic E-state index is 12.9. The molecule has 4 nitrogen and oxygen atoms in total. The van der Waals surface area contributed by atoms with Crippen molar-refractivity contribution in [3.05, 3.63) is 42.1 Å². The van der Waals surface area contributed by atoms with Gasteiger partial charge in [-0.3, -0.25) is 9.19 Å². The topological polar surface area (TPSA) is 64.1 Å². The number of aromatic nitrogens is 1. The van der Waals surface area contributed by atoms with Crippen molar-refractivity contribution in [2.75, 3.05) is 5.75 Å². The predicted octanol–water partition coefficient (Wildman–Crippen LogP) is 4.19. The fraction of sp³-hybridized carbons (Fsp3) is 0.267. The van der Waals surface area contributed by atoms with E-state index in [1.165, 1.54) is 6.92 Å². The van der Waals surface area contributed by atoms with Crippen LogP contribution < -0.4 is 0 Å². The normalized spacial score (nSPS) is 14.2. The van der Waals surface area contributed by atoms with Crippen molar-refractivity contribution in [3.8, 4) is 11.3 Å². The van der Waals surface area contributed by atoms with Crippen molar-refractivity contribution in [1.29, 1.82) is 0 Å². The van der Waals surface area contributed by atoms with E-state index in [1.54, 1.807) is 0 Å². The fourth-order valence-corrected chi connectivity index (χ4v) is 3.79. The predicted molar refractivity (Wildman–Crippen MR) is 84.9 cm³/mol. The zero-order valence-electron chi connectivity index (χ0n) is 13.4. The maximum atomic E-state index is 12.9. The second-order valence-electron chi connectivity index (χ2n) is 5.18. The molecule has 1 unspecified atom stereocenters. The van der Waals surface area contributed by atoms with E-state index in [2.05, 4.69) is 4.98 Å². The summed E-state index contributed by atoms with van der Waals surface area (Å²) in [6.45, 7) is 1.47. The van der Waals surface area contributed by atoms with E-state index in [1.807, 2.05) is 0 Å². The first-order valence-electron chi connectivity index (χ1n) is 7.16. The quantitative estimate of drug-likeness (QED) is 0.681. The number of hydrogen-bond acceptors (Lipinski definition) is 4. The van der Waals surface area contributed by atoms with Gasteiger partial charge >= 0.3 is 11.7 Å². The highest BCUT2D eigenvalue weighted by molar-refractivity contribution is 7.92. The van der Waals surface area contributed by atoms with Crippen LogP contribution in [0.25, 0.3) is 11.3 Å². The van der Waals surface area contributed by atoms with E-state index in [9.17, 15) is 39.0 Å². The van der Waals surface area contributed by atoms with Gasteiger partial charge in [0.05, 0.1) is 31.8 Å². The van der Waals surface area contributed by atoms with Crippen LogP contribution in [0.2, 0.25) is 0 Å². The molecule has 0 aliphatic rings. The summed E-state index contributed by atoms with van der Waals surface area (Å²) in [5.41, 5.74) is -6.73. The van der Waals surface area contributed by atoms with Crippen LogP contribution in [0, 0.1) is 0 Å². The Bertz CT molecular complexity index is 967. The molecule has 27 heavy (non-hydrogen) atoms. The minimum atomic E-state index is -5.56. The minimum absolute atomic E-state index is 0.0173. The Kier molecular flexibility index (Phi) is 5.71. The van der Waals surface area contributed by atoms with Gasteiger partial charge in [-0.2, -0.15) is 26.3 Å². The van der Waals surface area contributed by atoms with E-state index in [4.69, 9.17) is 0 Å². The molecule has 0 saturated heterocycles. The lowest BCUT2D eigenvalue weighted by Crippen LogP contribution is -2.23. The molecule has 1 atom stereocenters. The van der Waals surface area contributed by atoms with Crippen LogP contribution in [0.1, 0.15) is 12.5 Å². The second kappa shape index (κ2) is 7.23. The Morgan fingerprint density at radius 3 is 2.04 bits per heavy atom. The van der Waals surface area contributed by atoms with Crippen LogP contribution in [-0.2, 0) is 26.8 Å². The highest BCUT2D eigenvalue weighted by Crippen LogP contribution is 2.35. The molecule has 0 bridgehead atoms. The molecule has 0 aliphatic heterocycles. The Morgan fingerprint density at radius 2 is 1.59 bits per heavy atom. The summed E-state index contributed by atoms with van der Waals surface area (Å²) in [6, 6.07) is 3.91. The van der Waals surface area contributed by atoms with Gasteiger partial charge in [-0.1, -0.05) is 19.1 Å². The SMILES string of the molecule is CCS(=O)c1cc(C(F)(F)F)cnc1-c1ccc(S(=O)(=O)C(F)(F)F)cc1. The molecule has 0 amide bonds. The van der Waals surface area contributed by atoms with Crippen LogP contribution in [0.15, 0.2) is 46.3 Å². The average Bonchev–Trinajstić information content (AvgIpc) is 2.59. The zero-order valence-corrected chi connectivity index (χ0v) is 15.1. The van der Waals surface area contributed by atoms with Gasteiger partial charge in [-0.05, 0) is 18.2 Å². The first kappa shape index (κ1) is 21.4. The smallest absolute Gasteiger partial charge is 0.254 e. The van der Waals surface area contributed by atoms with Gasteiger partial charge in [-0.15, -0.1) is 0 Å². The summed E-state index contributed by atoms with van der Waals surface area (Å²) >= 11 is 0. The summed E-state index contributed by atoms with van der Waals surface area (Å²) < 4.78 is 111. The van der Waals surface area contributed by atoms with Crippen LogP contribution in [-0.4, -0.2) is 28.9 Å². The van der Waals surface area contributed by atoms with E-state index in [0.717, 1.165) is 12.1 Å². The number of rotatable bonds is 4. The minimum Gasteiger partial charge on any atom is -0.254 e. The van der Waals surface area contributed by atoms with Crippen LogP contribution >= 0.6 is 0 Å². The first-order valence-corrected chi connectivity index (χ1v) is 9.96. The second-order valence-corrected chi connectivity index (χ2v) is 8.83. The highest BCUT2D eigenvalue weighted by atomic mass is 32.2. The average molecular weight is 431 g/mol.